The zero-order chi connectivity index (χ0) is 17.8. The Kier molecular flexibility index (Phi) is 4.97. The Morgan fingerprint density at radius 3 is 2.58 bits per heavy atom. The van der Waals surface area contributed by atoms with Crippen LogP contribution in [0.15, 0.2) is 60.9 Å². The van der Waals surface area contributed by atoms with Crippen molar-refractivity contribution in [2.75, 3.05) is 32.7 Å². The van der Waals surface area contributed by atoms with Crippen LogP contribution in [0, 0.1) is 0 Å². The van der Waals surface area contributed by atoms with Crippen molar-refractivity contribution in [3.05, 3.63) is 66.6 Å². The van der Waals surface area contributed by atoms with E-state index in [-0.39, 0.29) is 5.91 Å². The lowest BCUT2D eigenvalue weighted by molar-refractivity contribution is -0.133. The second kappa shape index (κ2) is 7.70. The minimum Gasteiger partial charge on any atom is -0.339 e. The van der Waals surface area contributed by atoms with Crippen LogP contribution >= 0.6 is 0 Å². The van der Waals surface area contributed by atoms with Crippen molar-refractivity contribution in [1.29, 1.82) is 0 Å². The molecule has 0 spiro atoms. The van der Waals surface area contributed by atoms with Crippen LogP contribution in [0.25, 0.3) is 10.9 Å². The fraction of sp³-hybridized carbons (Fsp3) is 0.333. The van der Waals surface area contributed by atoms with Crippen molar-refractivity contribution < 1.29 is 4.79 Å². The quantitative estimate of drug-likeness (QED) is 0.711. The summed E-state index contributed by atoms with van der Waals surface area (Å²) < 4.78 is 2.05. The van der Waals surface area contributed by atoms with Gasteiger partial charge >= 0.3 is 0 Å². The lowest BCUT2D eigenvalue weighted by Crippen LogP contribution is -2.49. The van der Waals surface area contributed by atoms with Gasteiger partial charge in [-0.1, -0.05) is 24.3 Å². The van der Waals surface area contributed by atoms with E-state index in [0.717, 1.165) is 50.4 Å². The highest BCUT2D eigenvalue weighted by Gasteiger charge is 2.21. The molecule has 3 heterocycles. The minimum atomic E-state index is 0.204. The molecule has 0 unspecified atom stereocenters. The van der Waals surface area contributed by atoms with Crippen molar-refractivity contribution in [2.45, 2.75) is 13.0 Å². The normalized spacial score (nSPS) is 15.5. The number of fused-ring (bicyclic) bond motifs is 1. The molecule has 1 saturated heterocycles. The number of piperazine rings is 1. The van der Waals surface area contributed by atoms with Gasteiger partial charge in [0.25, 0.3) is 0 Å². The van der Waals surface area contributed by atoms with Gasteiger partial charge in [0.15, 0.2) is 0 Å². The van der Waals surface area contributed by atoms with Gasteiger partial charge < -0.3 is 9.47 Å². The molecule has 3 aromatic rings. The van der Waals surface area contributed by atoms with Crippen molar-refractivity contribution >= 4 is 16.8 Å². The molecular formula is C21H24N4O. The maximum Gasteiger partial charge on any atom is 0.242 e. The number of pyridine rings is 1. The number of para-hydroxylation sites is 1. The van der Waals surface area contributed by atoms with Crippen molar-refractivity contribution in [2.24, 2.45) is 0 Å². The summed E-state index contributed by atoms with van der Waals surface area (Å²) >= 11 is 0. The van der Waals surface area contributed by atoms with E-state index in [1.54, 1.807) is 0 Å². The van der Waals surface area contributed by atoms with Crippen LogP contribution in [0.1, 0.15) is 5.69 Å². The largest absolute Gasteiger partial charge is 0.339 e. The van der Waals surface area contributed by atoms with Gasteiger partial charge in [0.2, 0.25) is 5.91 Å². The minimum absolute atomic E-state index is 0.204. The third kappa shape index (κ3) is 3.78. The van der Waals surface area contributed by atoms with Crippen LogP contribution in [-0.4, -0.2) is 58.0 Å². The van der Waals surface area contributed by atoms with Gasteiger partial charge in [-0.25, -0.2) is 0 Å². The zero-order valence-corrected chi connectivity index (χ0v) is 14.9. The highest BCUT2D eigenvalue weighted by Crippen LogP contribution is 2.15. The van der Waals surface area contributed by atoms with E-state index >= 15 is 0 Å². The van der Waals surface area contributed by atoms with Crippen LogP contribution in [0.4, 0.5) is 0 Å². The molecule has 5 nitrogen and oxygen atoms in total. The highest BCUT2D eigenvalue weighted by atomic mass is 16.2. The second-order valence-electron chi connectivity index (χ2n) is 6.80. The summed E-state index contributed by atoms with van der Waals surface area (Å²) in [4.78, 5) is 21.5. The lowest BCUT2D eigenvalue weighted by Gasteiger charge is -2.34. The predicted octanol–water partition coefficient (Wildman–Crippen LogP) is 2.42. The molecule has 1 amide bonds. The first-order chi connectivity index (χ1) is 12.8. The maximum absolute atomic E-state index is 12.7. The van der Waals surface area contributed by atoms with E-state index < -0.39 is 0 Å². The predicted molar refractivity (Wildman–Crippen MR) is 103 cm³/mol. The molecule has 4 rings (SSSR count). The number of hydrogen-bond donors (Lipinski definition) is 0. The van der Waals surface area contributed by atoms with Crippen LogP contribution in [0.5, 0.6) is 0 Å². The van der Waals surface area contributed by atoms with Crippen LogP contribution < -0.4 is 0 Å². The molecule has 0 radical (unpaired) electrons. The highest BCUT2D eigenvalue weighted by molar-refractivity contribution is 5.83. The van der Waals surface area contributed by atoms with Gasteiger partial charge in [-0.05, 0) is 29.7 Å². The molecule has 26 heavy (non-hydrogen) atoms. The molecule has 0 saturated carbocycles. The van der Waals surface area contributed by atoms with Crippen molar-refractivity contribution in [3.63, 3.8) is 0 Å². The van der Waals surface area contributed by atoms with E-state index in [0.29, 0.717) is 6.54 Å². The van der Waals surface area contributed by atoms with Gasteiger partial charge in [-0.15, -0.1) is 0 Å². The summed E-state index contributed by atoms with van der Waals surface area (Å²) in [6.07, 6.45) is 4.81. The van der Waals surface area contributed by atoms with E-state index in [1.165, 1.54) is 5.39 Å². The summed E-state index contributed by atoms with van der Waals surface area (Å²) in [6.45, 7) is 4.90. The van der Waals surface area contributed by atoms with E-state index in [9.17, 15) is 4.79 Å². The SMILES string of the molecule is O=C(Cn1ccc2ccccc21)N1CCN(CCc2ccccn2)CC1. The standard InChI is InChI=1S/C21H24N4O/c26-21(17-25-12-8-18-5-1-2-7-20(18)25)24-15-13-23(14-16-24)11-9-19-6-3-4-10-22-19/h1-8,10,12H,9,11,13-17H2. The molecule has 0 bridgehead atoms. The average molecular weight is 348 g/mol. The lowest BCUT2D eigenvalue weighted by atomic mass is 10.2. The first kappa shape index (κ1) is 16.8. The first-order valence-corrected chi connectivity index (χ1v) is 9.23. The molecule has 2 aromatic heterocycles. The molecule has 0 N–H and O–H groups in total. The van der Waals surface area contributed by atoms with Gasteiger partial charge in [0.05, 0.1) is 0 Å². The molecule has 1 aliphatic heterocycles. The Hall–Kier alpha value is -2.66. The summed E-state index contributed by atoms with van der Waals surface area (Å²) in [6, 6.07) is 16.3. The number of carbonyl (C=O) groups is 1. The third-order valence-corrected chi connectivity index (χ3v) is 5.12. The Morgan fingerprint density at radius 2 is 1.77 bits per heavy atom. The third-order valence-electron chi connectivity index (χ3n) is 5.12. The number of hydrogen-bond acceptors (Lipinski definition) is 3. The van der Waals surface area contributed by atoms with E-state index in [4.69, 9.17) is 0 Å². The van der Waals surface area contributed by atoms with Gasteiger partial charge in [0.1, 0.15) is 6.54 Å². The average Bonchev–Trinajstić information content (AvgIpc) is 3.10. The molecule has 1 fully saturated rings. The Balaban J connectivity index is 1.28. The van der Waals surface area contributed by atoms with E-state index in [2.05, 4.69) is 34.1 Å². The van der Waals surface area contributed by atoms with Gasteiger partial charge in [-0.3, -0.25) is 14.7 Å². The second-order valence-corrected chi connectivity index (χ2v) is 6.80. The summed E-state index contributed by atoms with van der Waals surface area (Å²) in [5, 5.41) is 1.18. The Labute approximate surface area is 153 Å². The fourth-order valence-electron chi connectivity index (χ4n) is 3.56. The summed E-state index contributed by atoms with van der Waals surface area (Å²) in [5.41, 5.74) is 2.25. The smallest absolute Gasteiger partial charge is 0.242 e. The Morgan fingerprint density at radius 1 is 0.962 bits per heavy atom. The number of aromatic nitrogens is 2. The Bertz CT molecular complexity index is 866. The molecule has 134 valence electrons. The monoisotopic (exact) mass is 348 g/mol. The van der Waals surface area contributed by atoms with E-state index in [1.807, 2.05) is 46.1 Å². The molecule has 0 atom stereocenters. The van der Waals surface area contributed by atoms with Crippen LogP contribution in [0.3, 0.4) is 0 Å². The number of nitrogens with zero attached hydrogens (tertiary/aromatic N) is 4. The van der Waals surface area contributed by atoms with Crippen molar-refractivity contribution in [1.82, 2.24) is 19.4 Å². The number of carbonyl (C=O) groups excluding carboxylic acids is 1. The summed E-state index contributed by atoms with van der Waals surface area (Å²) in [7, 11) is 0. The van der Waals surface area contributed by atoms with Crippen LogP contribution in [0.2, 0.25) is 0 Å². The molecular weight excluding hydrogens is 324 g/mol. The molecule has 0 aliphatic carbocycles. The topological polar surface area (TPSA) is 41.4 Å². The van der Waals surface area contributed by atoms with Crippen molar-refractivity contribution in [3.8, 4) is 0 Å². The molecule has 5 heteroatoms. The molecule has 1 aromatic carbocycles. The maximum atomic E-state index is 12.7. The van der Waals surface area contributed by atoms with Gasteiger partial charge in [-0.2, -0.15) is 0 Å². The fourth-order valence-corrected chi connectivity index (χ4v) is 3.56. The number of benzene rings is 1. The summed E-state index contributed by atoms with van der Waals surface area (Å²) in [5.74, 6) is 0.204. The first-order valence-electron chi connectivity index (χ1n) is 9.23. The van der Waals surface area contributed by atoms with Crippen LogP contribution in [-0.2, 0) is 17.8 Å². The molecule has 1 aliphatic rings. The van der Waals surface area contributed by atoms with Gasteiger partial charge in [0, 0.05) is 62.7 Å². The number of rotatable bonds is 5. The number of amides is 1. The zero-order valence-electron chi connectivity index (χ0n) is 14.9.